The molecule has 0 aromatic heterocycles. The van der Waals surface area contributed by atoms with Gasteiger partial charge in [-0.2, -0.15) is 0 Å². The van der Waals surface area contributed by atoms with Crippen LogP contribution in [0.4, 0.5) is 18.9 Å². The molecule has 0 spiro atoms. The van der Waals surface area contributed by atoms with E-state index in [9.17, 15) is 13.2 Å². The van der Waals surface area contributed by atoms with Crippen LogP contribution in [0, 0.1) is 17.5 Å². The summed E-state index contributed by atoms with van der Waals surface area (Å²) in [6.45, 7) is 1.59. The quantitative estimate of drug-likeness (QED) is 0.718. The Labute approximate surface area is 156 Å². The van der Waals surface area contributed by atoms with Crippen LogP contribution in [0.25, 0.3) is 11.3 Å². The number of rotatable bonds is 5. The Kier molecular flexibility index (Phi) is 5.35. The first-order valence-corrected chi connectivity index (χ1v) is 8.54. The highest BCUT2D eigenvalue weighted by atomic mass is 19.1. The molecule has 1 fully saturated rings. The van der Waals surface area contributed by atoms with Crippen molar-refractivity contribution in [1.82, 2.24) is 0 Å². The zero-order valence-electron chi connectivity index (χ0n) is 15.1. The molecule has 1 aliphatic rings. The third kappa shape index (κ3) is 4.05. The molecule has 0 aliphatic heterocycles. The van der Waals surface area contributed by atoms with Crippen molar-refractivity contribution in [1.29, 1.82) is 0 Å². The number of benzene rings is 2. The third-order valence-corrected chi connectivity index (χ3v) is 4.29. The van der Waals surface area contributed by atoms with Gasteiger partial charge in [0.1, 0.15) is 17.5 Å². The van der Waals surface area contributed by atoms with Crippen LogP contribution < -0.4 is 11.1 Å². The van der Waals surface area contributed by atoms with Crippen molar-refractivity contribution in [2.24, 2.45) is 10.7 Å². The molecule has 6 heteroatoms. The smallest absolute Gasteiger partial charge is 0.147 e. The number of nitrogens with one attached hydrogen (secondary N) is 1. The molecule has 0 bridgehead atoms. The Morgan fingerprint density at radius 2 is 1.74 bits per heavy atom. The highest BCUT2D eigenvalue weighted by molar-refractivity contribution is 6.10. The van der Waals surface area contributed by atoms with Gasteiger partial charge in [0, 0.05) is 47.4 Å². The fraction of sp³-hybridized carbons (Fsp3) is 0.190. The SMILES string of the molecule is CN=C/C(=C(/C)N)c1cc(F)c(NC(=C2CC2)c2ccccc2F)cc1F. The van der Waals surface area contributed by atoms with Gasteiger partial charge in [-0.05, 0) is 43.5 Å². The number of hydrogen-bond donors (Lipinski definition) is 2. The number of allylic oxidation sites excluding steroid dienone is 3. The Balaban J connectivity index is 2.02. The van der Waals surface area contributed by atoms with Gasteiger partial charge in [0.05, 0.1) is 5.69 Å². The van der Waals surface area contributed by atoms with Crippen LogP contribution in [0.2, 0.25) is 0 Å². The molecule has 0 saturated heterocycles. The molecule has 3 nitrogen and oxygen atoms in total. The standard InChI is InChI=1S/C21H20F3N3/c1-12(25)16(11-26-2)15-9-19(24)20(10-18(15)23)27-21(13-7-8-13)14-5-3-4-6-17(14)22/h3-6,9-11,27H,7-8,25H2,1-2H3/b16-12+,26-11?. The van der Waals surface area contributed by atoms with E-state index in [0.29, 0.717) is 22.5 Å². The van der Waals surface area contributed by atoms with E-state index >= 15 is 0 Å². The summed E-state index contributed by atoms with van der Waals surface area (Å²) in [5.74, 6) is -1.72. The van der Waals surface area contributed by atoms with Crippen LogP contribution in [0.1, 0.15) is 30.9 Å². The molecular formula is C21H20F3N3. The second kappa shape index (κ2) is 7.70. The van der Waals surface area contributed by atoms with Gasteiger partial charge >= 0.3 is 0 Å². The number of nitrogens with zero attached hydrogens (tertiary/aromatic N) is 1. The summed E-state index contributed by atoms with van der Waals surface area (Å²) in [4.78, 5) is 3.84. The van der Waals surface area contributed by atoms with Gasteiger partial charge in [-0.1, -0.05) is 12.1 Å². The first-order chi connectivity index (χ1) is 12.9. The number of aliphatic imine (C=N–C) groups is 1. The van der Waals surface area contributed by atoms with Gasteiger partial charge < -0.3 is 11.1 Å². The summed E-state index contributed by atoms with van der Waals surface area (Å²) < 4.78 is 43.5. The van der Waals surface area contributed by atoms with Crippen molar-refractivity contribution in [3.63, 3.8) is 0 Å². The van der Waals surface area contributed by atoms with Crippen molar-refractivity contribution in [2.45, 2.75) is 19.8 Å². The van der Waals surface area contributed by atoms with E-state index in [4.69, 9.17) is 5.73 Å². The molecule has 1 saturated carbocycles. The fourth-order valence-corrected chi connectivity index (χ4v) is 2.82. The molecule has 0 atom stereocenters. The van der Waals surface area contributed by atoms with Gasteiger partial charge in [-0.15, -0.1) is 0 Å². The number of anilines is 1. The lowest BCUT2D eigenvalue weighted by Crippen LogP contribution is -2.06. The van der Waals surface area contributed by atoms with E-state index < -0.39 is 17.5 Å². The maximum Gasteiger partial charge on any atom is 0.147 e. The van der Waals surface area contributed by atoms with Crippen molar-refractivity contribution in [3.05, 3.63) is 76.2 Å². The minimum absolute atomic E-state index is 0.0233. The Bertz CT molecular complexity index is 965. The van der Waals surface area contributed by atoms with Crippen molar-refractivity contribution in [3.8, 4) is 0 Å². The van der Waals surface area contributed by atoms with Crippen molar-refractivity contribution < 1.29 is 13.2 Å². The van der Waals surface area contributed by atoms with Crippen LogP contribution in [0.5, 0.6) is 0 Å². The van der Waals surface area contributed by atoms with E-state index in [1.54, 1.807) is 25.1 Å². The Morgan fingerprint density at radius 3 is 2.33 bits per heavy atom. The van der Waals surface area contributed by atoms with E-state index in [0.717, 1.165) is 30.5 Å². The normalized spacial score (nSPS) is 14.3. The van der Waals surface area contributed by atoms with Crippen LogP contribution in [-0.4, -0.2) is 13.3 Å². The van der Waals surface area contributed by atoms with Gasteiger partial charge in [-0.3, -0.25) is 4.99 Å². The predicted octanol–water partition coefficient (Wildman–Crippen LogP) is 5.11. The maximum absolute atomic E-state index is 14.7. The average molecular weight is 371 g/mol. The molecule has 3 N–H and O–H groups in total. The van der Waals surface area contributed by atoms with Crippen LogP contribution in [-0.2, 0) is 0 Å². The van der Waals surface area contributed by atoms with E-state index in [1.807, 2.05) is 0 Å². The minimum Gasteiger partial charge on any atom is -0.402 e. The fourth-order valence-electron chi connectivity index (χ4n) is 2.82. The molecule has 27 heavy (non-hydrogen) atoms. The summed E-state index contributed by atoms with van der Waals surface area (Å²) >= 11 is 0. The molecule has 2 aromatic rings. The first kappa shape index (κ1) is 18.8. The average Bonchev–Trinajstić information content (AvgIpc) is 3.46. The van der Waals surface area contributed by atoms with Crippen LogP contribution in [0.15, 0.2) is 52.7 Å². The Morgan fingerprint density at radius 1 is 1.04 bits per heavy atom. The predicted molar refractivity (Wildman–Crippen MR) is 104 cm³/mol. The molecule has 1 aliphatic carbocycles. The summed E-state index contributed by atoms with van der Waals surface area (Å²) in [6, 6.07) is 8.37. The third-order valence-electron chi connectivity index (χ3n) is 4.29. The highest BCUT2D eigenvalue weighted by Crippen LogP contribution is 2.38. The van der Waals surface area contributed by atoms with Gasteiger partial charge in [0.25, 0.3) is 0 Å². The highest BCUT2D eigenvalue weighted by Gasteiger charge is 2.23. The largest absolute Gasteiger partial charge is 0.402 e. The molecular weight excluding hydrogens is 351 g/mol. The molecule has 0 amide bonds. The minimum atomic E-state index is -0.662. The second-order valence-corrected chi connectivity index (χ2v) is 6.38. The van der Waals surface area contributed by atoms with E-state index in [1.165, 1.54) is 19.3 Å². The first-order valence-electron chi connectivity index (χ1n) is 8.54. The topological polar surface area (TPSA) is 50.4 Å². The molecule has 0 radical (unpaired) electrons. The molecule has 0 unspecified atom stereocenters. The summed E-state index contributed by atoms with van der Waals surface area (Å²) in [5.41, 5.74) is 8.17. The lowest BCUT2D eigenvalue weighted by atomic mass is 10.0. The monoisotopic (exact) mass is 371 g/mol. The lowest BCUT2D eigenvalue weighted by molar-refractivity contribution is 0.600. The van der Waals surface area contributed by atoms with Crippen LogP contribution >= 0.6 is 0 Å². The lowest BCUT2D eigenvalue weighted by Gasteiger charge is -2.15. The molecule has 0 heterocycles. The van der Waals surface area contributed by atoms with Gasteiger partial charge in [-0.25, -0.2) is 13.2 Å². The van der Waals surface area contributed by atoms with Crippen molar-refractivity contribution in [2.75, 3.05) is 12.4 Å². The van der Waals surface area contributed by atoms with Crippen molar-refractivity contribution >= 4 is 23.2 Å². The maximum atomic E-state index is 14.7. The molecule has 140 valence electrons. The van der Waals surface area contributed by atoms with Gasteiger partial charge in [0.2, 0.25) is 0 Å². The number of hydrogen-bond acceptors (Lipinski definition) is 3. The zero-order valence-corrected chi connectivity index (χ0v) is 15.1. The molecule has 2 aromatic carbocycles. The number of halogens is 3. The summed E-state index contributed by atoms with van der Waals surface area (Å²) in [5, 5.41) is 2.88. The van der Waals surface area contributed by atoms with E-state index in [-0.39, 0.29) is 11.3 Å². The van der Waals surface area contributed by atoms with E-state index in [2.05, 4.69) is 10.3 Å². The van der Waals surface area contributed by atoms with Gasteiger partial charge in [0.15, 0.2) is 0 Å². The Hall–Kier alpha value is -3.02. The van der Waals surface area contributed by atoms with Crippen LogP contribution in [0.3, 0.4) is 0 Å². The summed E-state index contributed by atoms with van der Waals surface area (Å²) in [7, 11) is 1.52. The number of nitrogens with two attached hydrogens (primary N) is 1. The summed E-state index contributed by atoms with van der Waals surface area (Å²) in [6.07, 6.45) is 2.98. The molecule has 3 rings (SSSR count). The zero-order chi connectivity index (χ0) is 19.6. The second-order valence-electron chi connectivity index (χ2n) is 6.38.